The summed E-state index contributed by atoms with van der Waals surface area (Å²) in [5.41, 5.74) is 2.32. The molecule has 0 saturated carbocycles. The Morgan fingerprint density at radius 1 is 1.33 bits per heavy atom. The molecule has 1 nitrogen and oxygen atoms in total. The van der Waals surface area contributed by atoms with Gasteiger partial charge in [-0.15, -0.1) is 0 Å². The highest BCUT2D eigenvalue weighted by Gasteiger charge is 2.22. The summed E-state index contributed by atoms with van der Waals surface area (Å²) in [6.07, 6.45) is 1.90. The third kappa shape index (κ3) is 1.06. The summed E-state index contributed by atoms with van der Waals surface area (Å²) >= 11 is 5.98. The summed E-state index contributed by atoms with van der Waals surface area (Å²) in [7, 11) is 1.67. The maximum Gasteiger partial charge on any atom is 0.118 e. The summed E-state index contributed by atoms with van der Waals surface area (Å²) in [5.74, 6) is 0. The van der Waals surface area contributed by atoms with Gasteiger partial charge in [0.1, 0.15) is 6.10 Å². The van der Waals surface area contributed by atoms with Crippen molar-refractivity contribution in [2.75, 3.05) is 7.11 Å². The molecule has 2 heteroatoms. The zero-order chi connectivity index (χ0) is 8.55. The van der Waals surface area contributed by atoms with Crippen molar-refractivity contribution in [1.29, 1.82) is 0 Å². The summed E-state index contributed by atoms with van der Waals surface area (Å²) in [5, 5.41) is 0.763. The van der Waals surface area contributed by atoms with E-state index in [1.165, 1.54) is 0 Å². The van der Waals surface area contributed by atoms with Gasteiger partial charge in [-0.25, -0.2) is 0 Å². The highest BCUT2D eigenvalue weighted by Crippen LogP contribution is 2.38. The number of fused-ring (bicyclic) bond motifs is 1. The number of ether oxygens (including phenoxy) is 1. The number of benzene rings is 1. The predicted octanol–water partition coefficient (Wildman–Crippen LogP) is 2.97. The quantitative estimate of drug-likeness (QED) is 0.646. The molecule has 1 aromatic rings. The van der Waals surface area contributed by atoms with Gasteiger partial charge < -0.3 is 4.74 Å². The smallest absolute Gasteiger partial charge is 0.118 e. The molecule has 0 radical (unpaired) electrons. The SMILES string of the molecule is COC1C(Cl)=Cc2ccccc21. The lowest BCUT2D eigenvalue weighted by Gasteiger charge is -2.09. The second-order valence-corrected chi connectivity index (χ2v) is 3.21. The molecule has 0 bridgehead atoms. The molecule has 0 aromatic heterocycles. The monoisotopic (exact) mass is 180 g/mol. The summed E-state index contributed by atoms with van der Waals surface area (Å²) in [6.45, 7) is 0. The third-order valence-electron chi connectivity index (χ3n) is 2.06. The molecule has 0 fully saturated rings. The van der Waals surface area contributed by atoms with Crippen LogP contribution in [0.5, 0.6) is 0 Å². The van der Waals surface area contributed by atoms with Crippen LogP contribution in [0, 0.1) is 0 Å². The number of halogens is 1. The molecule has 0 aliphatic heterocycles. The molecule has 1 atom stereocenters. The fourth-order valence-electron chi connectivity index (χ4n) is 1.49. The first-order valence-corrected chi connectivity index (χ1v) is 4.19. The molecule has 2 rings (SSSR count). The molecule has 12 heavy (non-hydrogen) atoms. The lowest BCUT2D eigenvalue weighted by molar-refractivity contribution is 0.142. The van der Waals surface area contributed by atoms with Crippen molar-refractivity contribution in [3.8, 4) is 0 Å². The van der Waals surface area contributed by atoms with Crippen molar-refractivity contribution in [2.45, 2.75) is 6.10 Å². The van der Waals surface area contributed by atoms with E-state index in [1.807, 2.05) is 30.3 Å². The van der Waals surface area contributed by atoms with Gasteiger partial charge in [-0.3, -0.25) is 0 Å². The van der Waals surface area contributed by atoms with E-state index < -0.39 is 0 Å². The van der Waals surface area contributed by atoms with Crippen LogP contribution in [0.2, 0.25) is 0 Å². The van der Waals surface area contributed by atoms with Crippen molar-refractivity contribution in [1.82, 2.24) is 0 Å². The number of hydrogen-bond donors (Lipinski definition) is 0. The van der Waals surface area contributed by atoms with Crippen LogP contribution in [0.4, 0.5) is 0 Å². The standard InChI is InChI=1S/C10H9ClO/c1-12-10-8-5-3-2-4-7(8)6-9(10)11/h2-6,10H,1H3. The highest BCUT2D eigenvalue weighted by atomic mass is 35.5. The number of methoxy groups -OCH3 is 1. The minimum atomic E-state index is -0.0529. The van der Waals surface area contributed by atoms with Gasteiger partial charge in [0.05, 0.1) is 5.03 Å². The normalized spacial score (nSPS) is 20.5. The topological polar surface area (TPSA) is 9.23 Å². The summed E-state index contributed by atoms with van der Waals surface area (Å²) in [4.78, 5) is 0. The summed E-state index contributed by atoms with van der Waals surface area (Å²) < 4.78 is 5.25. The molecule has 1 aliphatic rings. The van der Waals surface area contributed by atoms with Crippen molar-refractivity contribution < 1.29 is 4.74 Å². The second kappa shape index (κ2) is 2.92. The van der Waals surface area contributed by atoms with E-state index in [1.54, 1.807) is 7.11 Å². The van der Waals surface area contributed by atoms with Gasteiger partial charge in [0.15, 0.2) is 0 Å². The van der Waals surface area contributed by atoms with E-state index in [4.69, 9.17) is 16.3 Å². The van der Waals surface area contributed by atoms with E-state index in [9.17, 15) is 0 Å². The van der Waals surface area contributed by atoms with Crippen LogP contribution in [0.1, 0.15) is 17.2 Å². The molecule has 0 amide bonds. The molecule has 0 N–H and O–H groups in total. The third-order valence-corrected chi connectivity index (χ3v) is 2.37. The Hall–Kier alpha value is -0.790. The fraction of sp³-hybridized carbons (Fsp3) is 0.200. The van der Waals surface area contributed by atoms with E-state index in [-0.39, 0.29) is 6.10 Å². The first-order valence-electron chi connectivity index (χ1n) is 3.81. The Labute approximate surface area is 76.6 Å². The molecular formula is C10H9ClO. The van der Waals surface area contributed by atoms with Crippen LogP contribution in [-0.2, 0) is 4.74 Å². The average molecular weight is 181 g/mol. The van der Waals surface area contributed by atoms with Gasteiger partial charge in [0, 0.05) is 7.11 Å². The van der Waals surface area contributed by atoms with Crippen molar-refractivity contribution in [3.05, 3.63) is 40.4 Å². The van der Waals surface area contributed by atoms with Crippen molar-refractivity contribution >= 4 is 17.7 Å². The molecule has 1 aliphatic carbocycles. The maximum absolute atomic E-state index is 5.98. The zero-order valence-electron chi connectivity index (χ0n) is 6.75. The highest BCUT2D eigenvalue weighted by molar-refractivity contribution is 6.32. The number of rotatable bonds is 1. The largest absolute Gasteiger partial charge is 0.371 e. The summed E-state index contributed by atoms with van der Waals surface area (Å²) in [6, 6.07) is 8.07. The molecular weight excluding hydrogens is 172 g/mol. The van der Waals surface area contributed by atoms with E-state index in [0.717, 1.165) is 16.2 Å². The van der Waals surface area contributed by atoms with Gasteiger partial charge in [-0.2, -0.15) is 0 Å². The van der Waals surface area contributed by atoms with Crippen LogP contribution in [0.25, 0.3) is 6.08 Å². The Balaban J connectivity index is 2.50. The average Bonchev–Trinajstić information content (AvgIpc) is 2.40. The predicted molar refractivity (Wildman–Crippen MR) is 50.0 cm³/mol. The van der Waals surface area contributed by atoms with Gasteiger partial charge in [-0.05, 0) is 17.2 Å². The molecule has 1 aromatic carbocycles. The first-order chi connectivity index (χ1) is 5.83. The van der Waals surface area contributed by atoms with Gasteiger partial charge in [-0.1, -0.05) is 35.9 Å². The second-order valence-electron chi connectivity index (χ2n) is 2.77. The van der Waals surface area contributed by atoms with Crippen molar-refractivity contribution in [2.24, 2.45) is 0 Å². The Morgan fingerprint density at radius 3 is 2.83 bits per heavy atom. The van der Waals surface area contributed by atoms with Crippen LogP contribution in [0.15, 0.2) is 29.3 Å². The molecule has 1 unspecified atom stereocenters. The first kappa shape index (κ1) is 7.84. The molecule has 0 heterocycles. The minimum Gasteiger partial charge on any atom is -0.371 e. The Bertz CT molecular complexity index is 330. The fourth-order valence-corrected chi connectivity index (χ4v) is 1.82. The van der Waals surface area contributed by atoms with Gasteiger partial charge >= 0.3 is 0 Å². The van der Waals surface area contributed by atoms with E-state index in [0.29, 0.717) is 0 Å². The van der Waals surface area contributed by atoms with Crippen molar-refractivity contribution in [3.63, 3.8) is 0 Å². The van der Waals surface area contributed by atoms with E-state index in [2.05, 4.69) is 0 Å². The van der Waals surface area contributed by atoms with Crippen LogP contribution >= 0.6 is 11.6 Å². The van der Waals surface area contributed by atoms with Crippen LogP contribution in [0.3, 0.4) is 0 Å². The van der Waals surface area contributed by atoms with Gasteiger partial charge in [0.25, 0.3) is 0 Å². The molecule has 62 valence electrons. The lowest BCUT2D eigenvalue weighted by atomic mass is 10.1. The Morgan fingerprint density at radius 2 is 2.08 bits per heavy atom. The maximum atomic E-state index is 5.98. The minimum absolute atomic E-state index is 0.0529. The van der Waals surface area contributed by atoms with Crippen LogP contribution in [-0.4, -0.2) is 7.11 Å². The number of hydrogen-bond acceptors (Lipinski definition) is 1. The Kier molecular flexibility index (Phi) is 1.91. The zero-order valence-corrected chi connectivity index (χ0v) is 7.51. The van der Waals surface area contributed by atoms with Gasteiger partial charge in [0.2, 0.25) is 0 Å². The molecule has 0 saturated heterocycles. The lowest BCUT2D eigenvalue weighted by Crippen LogP contribution is -1.97. The van der Waals surface area contributed by atoms with Crippen LogP contribution < -0.4 is 0 Å². The molecule has 0 spiro atoms. The van der Waals surface area contributed by atoms with E-state index >= 15 is 0 Å².